The van der Waals surface area contributed by atoms with Crippen molar-refractivity contribution in [3.05, 3.63) is 83.6 Å². The van der Waals surface area contributed by atoms with Crippen LogP contribution in [0.2, 0.25) is 0 Å². The molecule has 4 nitrogen and oxygen atoms in total. The number of aliphatic hydroxyl groups excluding tert-OH is 1. The Bertz CT molecular complexity index is 688. The minimum Gasteiger partial charge on any atom is -0.491 e. The van der Waals surface area contributed by atoms with E-state index in [1.807, 2.05) is 36.4 Å². The van der Waals surface area contributed by atoms with Crippen LogP contribution < -0.4 is 5.32 Å². The minimum absolute atomic E-state index is 0.0261. The summed E-state index contributed by atoms with van der Waals surface area (Å²) < 4.78 is 5.12. The van der Waals surface area contributed by atoms with Gasteiger partial charge in [-0.25, -0.2) is 0 Å². The van der Waals surface area contributed by atoms with Crippen molar-refractivity contribution >= 4 is 17.7 Å². The molecule has 0 spiro atoms. The summed E-state index contributed by atoms with van der Waals surface area (Å²) in [5.41, 5.74) is 2.47. The number of benzene rings is 2. The lowest BCUT2D eigenvalue weighted by Crippen LogP contribution is -2.15. The highest BCUT2D eigenvalue weighted by molar-refractivity contribution is 6.02. The topological polar surface area (TPSA) is 58.6 Å². The summed E-state index contributed by atoms with van der Waals surface area (Å²) in [5.74, 6) is -0.120. The molecule has 2 aromatic carbocycles. The van der Waals surface area contributed by atoms with Gasteiger partial charge in [0.25, 0.3) is 5.91 Å². The summed E-state index contributed by atoms with van der Waals surface area (Å²) in [7, 11) is 1.45. The molecule has 0 aliphatic heterocycles. The van der Waals surface area contributed by atoms with Crippen LogP contribution in [0.3, 0.4) is 0 Å². The monoisotopic (exact) mass is 309 g/mol. The van der Waals surface area contributed by atoms with E-state index in [0.717, 1.165) is 11.1 Å². The van der Waals surface area contributed by atoms with Gasteiger partial charge < -0.3 is 15.2 Å². The minimum atomic E-state index is -0.332. The molecule has 0 unspecified atom stereocenters. The molecular formula is C19H19NO3. The zero-order valence-corrected chi connectivity index (χ0v) is 12.9. The van der Waals surface area contributed by atoms with Crippen molar-refractivity contribution in [1.29, 1.82) is 0 Å². The van der Waals surface area contributed by atoms with E-state index >= 15 is 0 Å². The molecule has 0 radical (unpaired) electrons. The molecule has 0 saturated carbocycles. The van der Waals surface area contributed by atoms with Gasteiger partial charge in [0.2, 0.25) is 0 Å². The number of carbonyl (C=O) groups is 1. The zero-order valence-electron chi connectivity index (χ0n) is 12.9. The van der Waals surface area contributed by atoms with Crippen LogP contribution in [-0.2, 0) is 16.1 Å². The largest absolute Gasteiger partial charge is 0.491 e. The Morgan fingerprint density at radius 3 is 2.43 bits per heavy atom. The van der Waals surface area contributed by atoms with Crippen molar-refractivity contribution in [1.82, 2.24) is 0 Å². The molecule has 2 N–H and O–H groups in total. The number of ether oxygens (including phenoxy) is 1. The second-order valence-corrected chi connectivity index (χ2v) is 4.81. The van der Waals surface area contributed by atoms with Gasteiger partial charge in [-0.05, 0) is 29.3 Å². The average molecular weight is 309 g/mol. The summed E-state index contributed by atoms with van der Waals surface area (Å²) in [6, 6.07) is 16.8. The van der Waals surface area contributed by atoms with Gasteiger partial charge in [0, 0.05) is 5.69 Å². The first-order valence-corrected chi connectivity index (χ1v) is 7.21. The van der Waals surface area contributed by atoms with E-state index in [-0.39, 0.29) is 18.3 Å². The fraction of sp³-hybridized carbons (Fsp3) is 0.105. The quantitative estimate of drug-likeness (QED) is 0.489. The normalized spacial score (nSPS) is 11.5. The summed E-state index contributed by atoms with van der Waals surface area (Å²) in [5, 5.41) is 11.7. The number of nitrogens with one attached hydrogen (secondary N) is 1. The van der Waals surface area contributed by atoms with E-state index in [9.17, 15) is 4.79 Å². The molecule has 2 aromatic rings. The molecule has 0 fully saturated rings. The van der Waals surface area contributed by atoms with Crippen molar-refractivity contribution in [3.8, 4) is 0 Å². The maximum atomic E-state index is 12.2. The summed E-state index contributed by atoms with van der Waals surface area (Å²) in [4.78, 5) is 12.2. The van der Waals surface area contributed by atoms with Crippen LogP contribution in [-0.4, -0.2) is 18.1 Å². The maximum absolute atomic E-state index is 12.2. The fourth-order valence-corrected chi connectivity index (χ4v) is 1.93. The first-order valence-electron chi connectivity index (χ1n) is 7.21. The first kappa shape index (κ1) is 16.5. The van der Waals surface area contributed by atoms with Crippen molar-refractivity contribution < 1.29 is 14.6 Å². The molecule has 0 aromatic heterocycles. The molecule has 23 heavy (non-hydrogen) atoms. The van der Waals surface area contributed by atoms with Gasteiger partial charge in [-0.3, -0.25) is 4.79 Å². The highest BCUT2D eigenvalue weighted by Crippen LogP contribution is 2.11. The predicted molar refractivity (Wildman–Crippen MR) is 91.6 cm³/mol. The van der Waals surface area contributed by atoms with E-state index in [0.29, 0.717) is 5.69 Å². The lowest BCUT2D eigenvalue weighted by atomic mass is 10.2. The third-order valence-corrected chi connectivity index (χ3v) is 3.17. The number of methoxy groups -OCH3 is 1. The van der Waals surface area contributed by atoms with Crippen LogP contribution in [0.4, 0.5) is 5.69 Å². The Kier molecular flexibility index (Phi) is 6.15. The number of aliphatic hydroxyl groups is 1. The number of anilines is 1. The highest BCUT2D eigenvalue weighted by Gasteiger charge is 2.08. The summed E-state index contributed by atoms with van der Waals surface area (Å²) in [6.07, 6.45) is 5.27. The number of rotatable bonds is 6. The van der Waals surface area contributed by atoms with Crippen molar-refractivity contribution in [2.75, 3.05) is 12.4 Å². The number of allylic oxidation sites excluding steroid dienone is 2. The van der Waals surface area contributed by atoms with E-state index in [4.69, 9.17) is 9.84 Å². The van der Waals surface area contributed by atoms with Crippen molar-refractivity contribution in [2.24, 2.45) is 0 Å². The van der Waals surface area contributed by atoms with E-state index < -0.39 is 0 Å². The number of amides is 1. The molecule has 0 aliphatic carbocycles. The van der Waals surface area contributed by atoms with Crippen LogP contribution in [0.5, 0.6) is 0 Å². The smallest absolute Gasteiger partial charge is 0.290 e. The third kappa shape index (κ3) is 5.13. The Morgan fingerprint density at radius 1 is 1.13 bits per heavy atom. The molecule has 0 aliphatic rings. The van der Waals surface area contributed by atoms with Crippen molar-refractivity contribution in [2.45, 2.75) is 6.61 Å². The van der Waals surface area contributed by atoms with Gasteiger partial charge in [-0.15, -0.1) is 0 Å². The number of hydrogen-bond acceptors (Lipinski definition) is 3. The second kappa shape index (κ2) is 8.56. The lowest BCUT2D eigenvalue weighted by Gasteiger charge is -2.07. The molecule has 118 valence electrons. The predicted octanol–water partition coefficient (Wildman–Crippen LogP) is 3.36. The van der Waals surface area contributed by atoms with Crippen LogP contribution in [0, 0.1) is 0 Å². The summed E-state index contributed by atoms with van der Waals surface area (Å²) >= 11 is 0. The van der Waals surface area contributed by atoms with Crippen LogP contribution in [0.25, 0.3) is 6.08 Å². The first-order chi connectivity index (χ1) is 11.2. The molecular weight excluding hydrogens is 290 g/mol. The fourth-order valence-electron chi connectivity index (χ4n) is 1.93. The van der Waals surface area contributed by atoms with Gasteiger partial charge in [-0.2, -0.15) is 0 Å². The second-order valence-electron chi connectivity index (χ2n) is 4.81. The third-order valence-electron chi connectivity index (χ3n) is 3.17. The molecule has 4 heteroatoms. The molecule has 0 heterocycles. The Morgan fingerprint density at radius 2 is 1.83 bits per heavy atom. The van der Waals surface area contributed by atoms with Gasteiger partial charge >= 0.3 is 0 Å². The molecule has 0 atom stereocenters. The Balaban J connectivity index is 2.02. The highest BCUT2D eigenvalue weighted by atomic mass is 16.5. The van der Waals surface area contributed by atoms with Gasteiger partial charge in [0.1, 0.15) is 0 Å². The van der Waals surface area contributed by atoms with Gasteiger partial charge in [0.15, 0.2) is 5.76 Å². The van der Waals surface area contributed by atoms with E-state index in [1.54, 1.807) is 36.4 Å². The standard InChI is InChI=1S/C19H19NO3/c1-23-18(9-5-8-15-6-3-2-4-7-15)19(22)20-17-12-10-16(14-21)11-13-17/h2-13,21H,14H2,1H3,(H,20,22). The molecule has 0 bridgehead atoms. The molecule has 0 saturated heterocycles. The zero-order chi connectivity index (χ0) is 16.5. The molecule has 1 amide bonds. The van der Waals surface area contributed by atoms with Crippen LogP contribution in [0.15, 0.2) is 72.5 Å². The lowest BCUT2D eigenvalue weighted by molar-refractivity contribution is -0.115. The molecule has 2 rings (SSSR count). The van der Waals surface area contributed by atoms with Crippen LogP contribution >= 0.6 is 0 Å². The van der Waals surface area contributed by atoms with Gasteiger partial charge in [-0.1, -0.05) is 54.6 Å². The van der Waals surface area contributed by atoms with Gasteiger partial charge in [0.05, 0.1) is 13.7 Å². The average Bonchev–Trinajstić information content (AvgIpc) is 2.60. The Labute approximate surface area is 135 Å². The number of carbonyl (C=O) groups excluding carboxylic acids is 1. The van der Waals surface area contributed by atoms with E-state index in [2.05, 4.69) is 5.32 Å². The Hall–Kier alpha value is -2.85. The van der Waals surface area contributed by atoms with Crippen molar-refractivity contribution in [3.63, 3.8) is 0 Å². The summed E-state index contributed by atoms with van der Waals surface area (Å²) in [6.45, 7) is -0.0261. The van der Waals surface area contributed by atoms with E-state index in [1.165, 1.54) is 7.11 Å². The van der Waals surface area contributed by atoms with Crippen LogP contribution in [0.1, 0.15) is 11.1 Å². The SMILES string of the molecule is COC(=CC=Cc1ccccc1)C(=O)Nc1ccc(CO)cc1. The number of hydrogen-bond donors (Lipinski definition) is 2. The maximum Gasteiger partial charge on any atom is 0.290 e.